The summed E-state index contributed by atoms with van der Waals surface area (Å²) in [5, 5.41) is 2.92. The van der Waals surface area contributed by atoms with Gasteiger partial charge in [-0.05, 0) is 56.0 Å². The maximum absolute atomic E-state index is 12.1. The van der Waals surface area contributed by atoms with Crippen LogP contribution in [0, 0.1) is 13.8 Å². The molecule has 0 saturated heterocycles. The molecule has 0 bridgehead atoms. The zero-order valence-electron chi connectivity index (χ0n) is 13.4. The highest BCUT2D eigenvalue weighted by Gasteiger charge is 2.14. The number of aryl methyl sites for hydroxylation is 2. The van der Waals surface area contributed by atoms with Crippen LogP contribution >= 0.6 is 0 Å². The van der Waals surface area contributed by atoms with Crippen molar-refractivity contribution >= 4 is 5.91 Å². The number of amides is 1. The summed E-state index contributed by atoms with van der Waals surface area (Å²) < 4.78 is 5.73. The fourth-order valence-electron chi connectivity index (χ4n) is 2.38. The van der Waals surface area contributed by atoms with Crippen LogP contribution < -0.4 is 10.1 Å². The summed E-state index contributed by atoms with van der Waals surface area (Å²) in [6, 6.07) is 16.1. The van der Waals surface area contributed by atoms with Crippen LogP contribution in [0.5, 0.6) is 5.75 Å². The second-order valence-corrected chi connectivity index (χ2v) is 5.61. The van der Waals surface area contributed by atoms with Gasteiger partial charge in [-0.25, -0.2) is 0 Å². The predicted molar refractivity (Wildman–Crippen MR) is 89.2 cm³/mol. The van der Waals surface area contributed by atoms with Gasteiger partial charge in [0.1, 0.15) is 5.75 Å². The van der Waals surface area contributed by atoms with Crippen LogP contribution in [0.15, 0.2) is 48.5 Å². The molecule has 0 aliphatic rings. The quantitative estimate of drug-likeness (QED) is 0.887. The molecule has 1 atom stereocenters. The third-order valence-electron chi connectivity index (χ3n) is 3.43. The fraction of sp³-hybridized carbons (Fsp3) is 0.316. The van der Waals surface area contributed by atoms with Crippen molar-refractivity contribution in [2.45, 2.75) is 33.3 Å². The number of ether oxygens (including phenoxy) is 1. The molecular formula is C19H23NO2. The number of hydrogen-bond donors (Lipinski definition) is 1. The molecule has 0 fully saturated rings. The van der Waals surface area contributed by atoms with E-state index in [1.165, 1.54) is 5.56 Å². The number of carbonyl (C=O) groups excluding carboxylic acids is 1. The van der Waals surface area contributed by atoms with Gasteiger partial charge in [0.15, 0.2) is 6.10 Å². The minimum Gasteiger partial charge on any atom is -0.481 e. The maximum Gasteiger partial charge on any atom is 0.260 e. The number of rotatable bonds is 6. The number of benzene rings is 2. The molecule has 0 unspecified atom stereocenters. The Morgan fingerprint density at radius 3 is 2.36 bits per heavy atom. The van der Waals surface area contributed by atoms with Gasteiger partial charge in [-0.3, -0.25) is 4.79 Å². The van der Waals surface area contributed by atoms with E-state index in [-0.39, 0.29) is 5.91 Å². The standard InChI is InChI=1S/C19H23NO2/c1-14-11-15(2)13-18(12-14)22-16(3)19(21)20-10-9-17-7-5-4-6-8-17/h4-8,11-13,16H,9-10H2,1-3H3,(H,20,21)/t16-/m1/s1. The van der Waals surface area contributed by atoms with Crippen molar-refractivity contribution in [3.05, 3.63) is 65.2 Å². The fourth-order valence-corrected chi connectivity index (χ4v) is 2.38. The lowest BCUT2D eigenvalue weighted by Gasteiger charge is -2.15. The highest BCUT2D eigenvalue weighted by molar-refractivity contribution is 5.80. The molecule has 2 rings (SSSR count). The Bertz CT molecular complexity index is 602. The summed E-state index contributed by atoms with van der Waals surface area (Å²) in [7, 11) is 0. The van der Waals surface area contributed by atoms with Crippen molar-refractivity contribution in [3.8, 4) is 5.75 Å². The van der Waals surface area contributed by atoms with Crippen molar-refractivity contribution < 1.29 is 9.53 Å². The van der Waals surface area contributed by atoms with E-state index in [1.54, 1.807) is 6.92 Å². The SMILES string of the molecule is Cc1cc(C)cc(O[C@H](C)C(=O)NCCc2ccccc2)c1. The Kier molecular flexibility index (Phi) is 5.59. The summed E-state index contributed by atoms with van der Waals surface area (Å²) in [5.41, 5.74) is 3.48. The van der Waals surface area contributed by atoms with Gasteiger partial charge < -0.3 is 10.1 Å². The molecule has 3 nitrogen and oxygen atoms in total. The first-order valence-corrected chi connectivity index (χ1v) is 7.61. The lowest BCUT2D eigenvalue weighted by atomic mass is 10.1. The second-order valence-electron chi connectivity index (χ2n) is 5.61. The number of nitrogens with one attached hydrogen (secondary N) is 1. The largest absolute Gasteiger partial charge is 0.481 e. The van der Waals surface area contributed by atoms with Crippen LogP contribution in [0.25, 0.3) is 0 Å². The van der Waals surface area contributed by atoms with Crippen LogP contribution in [-0.2, 0) is 11.2 Å². The van der Waals surface area contributed by atoms with Crippen LogP contribution in [0.2, 0.25) is 0 Å². The zero-order valence-corrected chi connectivity index (χ0v) is 13.4. The van der Waals surface area contributed by atoms with E-state index in [1.807, 2.05) is 44.2 Å². The molecule has 3 heteroatoms. The Hall–Kier alpha value is -2.29. The summed E-state index contributed by atoms with van der Waals surface area (Å²) in [6.07, 6.45) is 0.319. The van der Waals surface area contributed by atoms with Crippen molar-refractivity contribution in [1.29, 1.82) is 0 Å². The van der Waals surface area contributed by atoms with Crippen LogP contribution in [0.4, 0.5) is 0 Å². The van der Waals surface area contributed by atoms with Gasteiger partial charge >= 0.3 is 0 Å². The van der Waals surface area contributed by atoms with E-state index < -0.39 is 6.10 Å². The lowest BCUT2D eigenvalue weighted by Crippen LogP contribution is -2.37. The highest BCUT2D eigenvalue weighted by Crippen LogP contribution is 2.17. The van der Waals surface area contributed by atoms with Gasteiger partial charge in [0.2, 0.25) is 0 Å². The minimum absolute atomic E-state index is 0.0879. The van der Waals surface area contributed by atoms with Gasteiger partial charge in [-0.15, -0.1) is 0 Å². The first-order valence-electron chi connectivity index (χ1n) is 7.61. The highest BCUT2D eigenvalue weighted by atomic mass is 16.5. The molecule has 0 aromatic heterocycles. The molecule has 0 aliphatic heterocycles. The molecular weight excluding hydrogens is 274 g/mol. The first-order chi connectivity index (χ1) is 10.5. The van der Waals surface area contributed by atoms with E-state index in [0.29, 0.717) is 6.54 Å². The smallest absolute Gasteiger partial charge is 0.260 e. The van der Waals surface area contributed by atoms with E-state index in [9.17, 15) is 4.79 Å². The summed E-state index contributed by atoms with van der Waals surface area (Å²) in [4.78, 5) is 12.1. The van der Waals surface area contributed by atoms with Crippen LogP contribution in [0.3, 0.4) is 0 Å². The Morgan fingerprint density at radius 1 is 1.09 bits per heavy atom. The van der Waals surface area contributed by atoms with Crippen molar-refractivity contribution in [2.24, 2.45) is 0 Å². The van der Waals surface area contributed by atoms with Gasteiger partial charge in [-0.2, -0.15) is 0 Å². The second kappa shape index (κ2) is 7.64. The topological polar surface area (TPSA) is 38.3 Å². The number of carbonyl (C=O) groups is 1. The number of hydrogen-bond acceptors (Lipinski definition) is 2. The van der Waals surface area contributed by atoms with Gasteiger partial charge in [-0.1, -0.05) is 36.4 Å². The lowest BCUT2D eigenvalue weighted by molar-refractivity contribution is -0.127. The first kappa shape index (κ1) is 16.1. The molecule has 0 saturated carbocycles. The molecule has 1 amide bonds. The van der Waals surface area contributed by atoms with E-state index in [0.717, 1.165) is 23.3 Å². The van der Waals surface area contributed by atoms with Gasteiger partial charge in [0.25, 0.3) is 5.91 Å². The van der Waals surface area contributed by atoms with Crippen LogP contribution in [-0.4, -0.2) is 18.6 Å². The molecule has 0 heterocycles. The Balaban J connectivity index is 1.81. The van der Waals surface area contributed by atoms with E-state index in [2.05, 4.69) is 23.5 Å². The molecule has 22 heavy (non-hydrogen) atoms. The van der Waals surface area contributed by atoms with E-state index in [4.69, 9.17) is 4.74 Å². The Morgan fingerprint density at radius 2 is 1.73 bits per heavy atom. The van der Waals surface area contributed by atoms with Crippen LogP contribution in [0.1, 0.15) is 23.6 Å². The zero-order chi connectivity index (χ0) is 15.9. The molecule has 0 spiro atoms. The molecule has 2 aromatic carbocycles. The minimum atomic E-state index is -0.503. The Labute approximate surface area is 132 Å². The molecule has 0 aliphatic carbocycles. The van der Waals surface area contributed by atoms with Crippen molar-refractivity contribution in [3.63, 3.8) is 0 Å². The van der Waals surface area contributed by atoms with Gasteiger partial charge in [0.05, 0.1) is 0 Å². The summed E-state index contributed by atoms with van der Waals surface area (Å²) in [5.74, 6) is 0.651. The maximum atomic E-state index is 12.1. The normalized spacial score (nSPS) is 11.8. The average Bonchev–Trinajstić information content (AvgIpc) is 2.47. The molecule has 2 aromatic rings. The van der Waals surface area contributed by atoms with Crippen molar-refractivity contribution in [2.75, 3.05) is 6.54 Å². The molecule has 116 valence electrons. The van der Waals surface area contributed by atoms with Gasteiger partial charge in [0, 0.05) is 6.54 Å². The average molecular weight is 297 g/mol. The van der Waals surface area contributed by atoms with E-state index >= 15 is 0 Å². The summed E-state index contributed by atoms with van der Waals surface area (Å²) >= 11 is 0. The monoisotopic (exact) mass is 297 g/mol. The third-order valence-corrected chi connectivity index (χ3v) is 3.43. The predicted octanol–water partition coefficient (Wildman–Crippen LogP) is 3.43. The molecule has 1 N–H and O–H groups in total. The molecule has 0 radical (unpaired) electrons. The summed E-state index contributed by atoms with van der Waals surface area (Å²) in [6.45, 7) is 6.42. The third kappa shape index (κ3) is 4.92. The van der Waals surface area contributed by atoms with Crippen molar-refractivity contribution in [1.82, 2.24) is 5.32 Å².